The van der Waals surface area contributed by atoms with Gasteiger partial charge in [-0.2, -0.15) is 0 Å². The van der Waals surface area contributed by atoms with E-state index in [9.17, 15) is 28.8 Å². The predicted octanol–water partition coefficient (Wildman–Crippen LogP) is 1.70. The first-order chi connectivity index (χ1) is 14.7. The van der Waals surface area contributed by atoms with Crippen LogP contribution < -0.4 is 5.32 Å². The summed E-state index contributed by atoms with van der Waals surface area (Å²) < 4.78 is 4.66. The van der Waals surface area contributed by atoms with E-state index in [0.717, 1.165) is 37.0 Å². The molecule has 10 heteroatoms. The first kappa shape index (κ1) is 26.3. The molecule has 0 saturated carbocycles. The molecule has 0 aromatic rings. The van der Waals surface area contributed by atoms with Gasteiger partial charge in [0, 0.05) is 32.2 Å². The maximum absolute atomic E-state index is 12.2. The Balaban J connectivity index is 2.39. The molecule has 0 aromatic heterocycles. The Bertz CT molecular complexity index is 660. The van der Waals surface area contributed by atoms with Gasteiger partial charge in [-0.05, 0) is 12.8 Å². The van der Waals surface area contributed by atoms with E-state index in [0.29, 0.717) is 6.42 Å². The van der Waals surface area contributed by atoms with Gasteiger partial charge in [-0.3, -0.25) is 28.9 Å². The quantitative estimate of drug-likeness (QED) is 0.169. The van der Waals surface area contributed by atoms with Crippen LogP contribution in [0.3, 0.4) is 0 Å². The third-order valence-corrected chi connectivity index (χ3v) is 4.89. The molecular formula is C21H32N2O8. The molecule has 10 nitrogen and oxygen atoms in total. The summed E-state index contributed by atoms with van der Waals surface area (Å²) >= 11 is 0. The largest absolute Gasteiger partial charge is 0.481 e. The highest BCUT2D eigenvalue weighted by molar-refractivity contribution is 6.02. The zero-order chi connectivity index (χ0) is 23.2. The van der Waals surface area contributed by atoms with Gasteiger partial charge in [0.05, 0.1) is 6.42 Å². The summed E-state index contributed by atoms with van der Waals surface area (Å²) in [4.78, 5) is 71.2. The van der Waals surface area contributed by atoms with Crippen LogP contribution in [-0.2, 0) is 33.5 Å². The van der Waals surface area contributed by atoms with Gasteiger partial charge in [-0.25, -0.2) is 4.79 Å². The lowest BCUT2D eigenvalue weighted by atomic mass is 10.1. The number of rotatable bonds is 15. The van der Waals surface area contributed by atoms with Crippen molar-refractivity contribution in [3.05, 3.63) is 0 Å². The second-order valence-corrected chi connectivity index (χ2v) is 7.57. The van der Waals surface area contributed by atoms with Gasteiger partial charge in [-0.1, -0.05) is 39.0 Å². The molecule has 1 unspecified atom stereocenters. The van der Waals surface area contributed by atoms with E-state index < -0.39 is 36.3 Å². The summed E-state index contributed by atoms with van der Waals surface area (Å²) in [6.07, 6.45) is 5.48. The number of imide groups is 1. The Morgan fingerprint density at radius 3 is 2.19 bits per heavy atom. The standard InChI is InChI=1S/C21H32N2O8/c1-2-3-4-5-6-7-9-16(24)22-15(14-19(27)28)21(30)31-20(29)10-8-13-23-17(25)11-12-18(23)26/h15H,2-14H2,1H3,(H,22,24)(H,27,28). The van der Waals surface area contributed by atoms with Crippen molar-refractivity contribution in [2.45, 2.75) is 90.0 Å². The van der Waals surface area contributed by atoms with Crippen LogP contribution >= 0.6 is 0 Å². The lowest BCUT2D eigenvalue weighted by molar-refractivity contribution is -0.163. The molecule has 1 aliphatic heterocycles. The van der Waals surface area contributed by atoms with E-state index in [-0.39, 0.29) is 50.5 Å². The first-order valence-corrected chi connectivity index (χ1v) is 10.8. The van der Waals surface area contributed by atoms with E-state index >= 15 is 0 Å². The Labute approximate surface area is 181 Å². The molecule has 2 N–H and O–H groups in total. The number of carboxylic acid groups (broad SMARTS) is 1. The third kappa shape index (κ3) is 10.7. The topological polar surface area (TPSA) is 147 Å². The van der Waals surface area contributed by atoms with Crippen LogP contribution in [0.25, 0.3) is 0 Å². The minimum atomic E-state index is -1.46. The molecule has 1 aliphatic rings. The van der Waals surface area contributed by atoms with Gasteiger partial charge >= 0.3 is 17.9 Å². The van der Waals surface area contributed by atoms with Crippen LogP contribution in [0.4, 0.5) is 0 Å². The van der Waals surface area contributed by atoms with E-state index in [2.05, 4.69) is 17.0 Å². The fraction of sp³-hybridized carbons (Fsp3) is 0.714. The van der Waals surface area contributed by atoms with Crippen molar-refractivity contribution in [3.63, 3.8) is 0 Å². The van der Waals surface area contributed by atoms with E-state index in [1.807, 2.05) is 0 Å². The average Bonchev–Trinajstić information content (AvgIpc) is 3.01. The molecule has 174 valence electrons. The van der Waals surface area contributed by atoms with Gasteiger partial charge < -0.3 is 15.2 Å². The Hall–Kier alpha value is -2.78. The molecule has 1 atom stereocenters. The monoisotopic (exact) mass is 440 g/mol. The molecule has 1 fully saturated rings. The van der Waals surface area contributed by atoms with Gasteiger partial charge in [0.15, 0.2) is 0 Å². The van der Waals surface area contributed by atoms with Crippen LogP contribution in [0.15, 0.2) is 0 Å². The number of carbonyl (C=O) groups excluding carboxylic acids is 5. The fourth-order valence-electron chi connectivity index (χ4n) is 3.19. The van der Waals surface area contributed by atoms with Crippen LogP contribution in [0.5, 0.6) is 0 Å². The Morgan fingerprint density at radius 2 is 1.58 bits per heavy atom. The maximum atomic E-state index is 12.2. The van der Waals surface area contributed by atoms with Crippen molar-refractivity contribution in [1.82, 2.24) is 10.2 Å². The summed E-state index contributed by atoms with van der Waals surface area (Å²) in [5.74, 6) is -4.45. The van der Waals surface area contributed by atoms with E-state index in [1.165, 1.54) is 0 Å². The number of carboxylic acids is 1. The highest BCUT2D eigenvalue weighted by atomic mass is 16.6. The summed E-state index contributed by atoms with van der Waals surface area (Å²) in [7, 11) is 0. The van der Waals surface area contributed by atoms with Crippen LogP contribution in [-0.4, -0.2) is 58.2 Å². The molecule has 3 amide bonds. The van der Waals surface area contributed by atoms with Crippen LogP contribution in [0.1, 0.15) is 84.0 Å². The second-order valence-electron chi connectivity index (χ2n) is 7.57. The third-order valence-electron chi connectivity index (χ3n) is 4.89. The molecule has 0 aromatic carbocycles. The van der Waals surface area contributed by atoms with Crippen molar-refractivity contribution in [2.75, 3.05) is 6.54 Å². The van der Waals surface area contributed by atoms with Crippen molar-refractivity contribution in [1.29, 1.82) is 0 Å². The number of amides is 3. The summed E-state index contributed by atoms with van der Waals surface area (Å²) in [6, 6.07) is -1.46. The lowest BCUT2D eigenvalue weighted by Gasteiger charge is -2.16. The molecule has 1 saturated heterocycles. The number of aliphatic carboxylic acids is 1. The molecule has 1 rings (SSSR count). The number of ether oxygens (including phenoxy) is 1. The fourth-order valence-corrected chi connectivity index (χ4v) is 3.19. The van der Waals surface area contributed by atoms with E-state index in [4.69, 9.17) is 5.11 Å². The zero-order valence-corrected chi connectivity index (χ0v) is 18.0. The summed E-state index contributed by atoms with van der Waals surface area (Å²) in [5, 5.41) is 11.3. The number of esters is 2. The number of hydrogen-bond donors (Lipinski definition) is 2. The summed E-state index contributed by atoms with van der Waals surface area (Å²) in [6.45, 7) is 2.16. The maximum Gasteiger partial charge on any atom is 0.336 e. The molecule has 0 radical (unpaired) electrons. The molecule has 0 aliphatic carbocycles. The SMILES string of the molecule is CCCCCCCCC(=O)NC(CC(=O)O)C(=O)OC(=O)CCCN1C(=O)CCC1=O. The molecule has 0 spiro atoms. The van der Waals surface area contributed by atoms with Crippen LogP contribution in [0.2, 0.25) is 0 Å². The van der Waals surface area contributed by atoms with E-state index in [1.54, 1.807) is 0 Å². The van der Waals surface area contributed by atoms with Gasteiger partial charge in [0.2, 0.25) is 17.7 Å². The highest BCUT2D eigenvalue weighted by Crippen LogP contribution is 2.13. The van der Waals surface area contributed by atoms with Gasteiger partial charge in [0.1, 0.15) is 6.04 Å². The predicted molar refractivity (Wildman–Crippen MR) is 108 cm³/mol. The molecule has 0 bridgehead atoms. The van der Waals surface area contributed by atoms with Gasteiger partial charge in [-0.15, -0.1) is 0 Å². The summed E-state index contributed by atoms with van der Waals surface area (Å²) in [5.41, 5.74) is 0. The average molecular weight is 440 g/mol. The number of nitrogens with one attached hydrogen (secondary N) is 1. The number of carbonyl (C=O) groups is 6. The smallest absolute Gasteiger partial charge is 0.336 e. The van der Waals surface area contributed by atoms with Gasteiger partial charge in [0.25, 0.3) is 0 Å². The Morgan fingerprint density at radius 1 is 0.968 bits per heavy atom. The molecule has 31 heavy (non-hydrogen) atoms. The number of nitrogens with zero attached hydrogens (tertiary/aromatic N) is 1. The number of likely N-dealkylation sites (tertiary alicyclic amines) is 1. The van der Waals surface area contributed by atoms with Crippen molar-refractivity contribution in [2.24, 2.45) is 0 Å². The zero-order valence-electron chi connectivity index (χ0n) is 18.0. The Kier molecular flexibility index (Phi) is 12.1. The lowest BCUT2D eigenvalue weighted by Crippen LogP contribution is -2.43. The highest BCUT2D eigenvalue weighted by Gasteiger charge is 2.29. The minimum absolute atomic E-state index is 0.0501. The van der Waals surface area contributed by atoms with Crippen molar-refractivity contribution >= 4 is 35.6 Å². The minimum Gasteiger partial charge on any atom is -0.481 e. The number of hydrogen-bond acceptors (Lipinski definition) is 7. The van der Waals surface area contributed by atoms with Crippen LogP contribution in [0, 0.1) is 0 Å². The normalized spacial score (nSPS) is 14.4. The molecule has 1 heterocycles. The second kappa shape index (κ2) is 14.3. The van der Waals surface area contributed by atoms with Crippen molar-refractivity contribution in [3.8, 4) is 0 Å². The first-order valence-electron chi connectivity index (χ1n) is 10.8. The number of unbranched alkanes of at least 4 members (excludes halogenated alkanes) is 5. The van der Waals surface area contributed by atoms with Crippen molar-refractivity contribution < 1.29 is 38.6 Å². The molecular weight excluding hydrogens is 408 g/mol.